The van der Waals surface area contributed by atoms with Crippen molar-refractivity contribution in [1.82, 2.24) is 20.5 Å². The van der Waals surface area contributed by atoms with E-state index in [0.717, 1.165) is 32.1 Å². The first-order valence-electron chi connectivity index (χ1n) is 10.6. The van der Waals surface area contributed by atoms with Crippen LogP contribution in [-0.4, -0.2) is 54.5 Å². The lowest BCUT2D eigenvalue weighted by Gasteiger charge is -2.36. The number of likely N-dealkylation sites (tertiary alicyclic amines) is 1. The number of thiophene rings is 1. The topological polar surface area (TPSA) is 81.6 Å². The molecule has 0 bridgehead atoms. The fourth-order valence-electron chi connectivity index (χ4n) is 3.55. The van der Waals surface area contributed by atoms with E-state index < -0.39 is 0 Å². The van der Waals surface area contributed by atoms with Crippen molar-refractivity contribution >= 4 is 28.9 Å². The number of nitrogens with zero attached hydrogens (tertiary/aromatic N) is 3. The quantitative estimate of drug-likeness (QED) is 0.445. The summed E-state index contributed by atoms with van der Waals surface area (Å²) in [7, 11) is 0. The van der Waals surface area contributed by atoms with E-state index in [9.17, 15) is 4.79 Å². The first-order chi connectivity index (χ1) is 14.7. The van der Waals surface area contributed by atoms with Crippen molar-refractivity contribution in [1.29, 1.82) is 0 Å². The number of hydrogen-bond acceptors (Lipinski definition) is 5. The Kier molecular flexibility index (Phi) is 8.65. The molecule has 3 rings (SSSR count). The normalized spacial score (nSPS) is 16.8. The summed E-state index contributed by atoms with van der Waals surface area (Å²) in [5, 5.41) is 11.6. The second kappa shape index (κ2) is 11.7. The van der Waals surface area contributed by atoms with Crippen molar-refractivity contribution < 1.29 is 4.79 Å². The number of anilines is 1. The molecular formula is C22H32N6OS. The molecule has 0 spiro atoms. The molecule has 1 saturated heterocycles. The number of rotatable bonds is 8. The van der Waals surface area contributed by atoms with E-state index in [1.807, 2.05) is 13.0 Å². The number of piperidine rings is 1. The molecular weight excluding hydrogens is 396 g/mol. The van der Waals surface area contributed by atoms with Crippen LogP contribution in [0.25, 0.3) is 0 Å². The molecule has 7 nitrogen and oxygen atoms in total. The van der Waals surface area contributed by atoms with Gasteiger partial charge >= 0.3 is 0 Å². The van der Waals surface area contributed by atoms with Gasteiger partial charge in [0.25, 0.3) is 0 Å². The maximum Gasteiger partial charge on any atom is 0.246 e. The molecule has 30 heavy (non-hydrogen) atoms. The van der Waals surface area contributed by atoms with E-state index >= 15 is 0 Å². The number of nitrogens with one attached hydrogen (secondary N) is 3. The Labute approximate surface area is 183 Å². The van der Waals surface area contributed by atoms with Crippen molar-refractivity contribution in [3.8, 4) is 0 Å². The van der Waals surface area contributed by atoms with E-state index in [-0.39, 0.29) is 12.5 Å². The van der Waals surface area contributed by atoms with Crippen molar-refractivity contribution in [2.45, 2.75) is 32.7 Å². The van der Waals surface area contributed by atoms with E-state index in [1.54, 1.807) is 29.8 Å². The summed E-state index contributed by atoms with van der Waals surface area (Å²) >= 11 is 1.80. The van der Waals surface area contributed by atoms with Crippen LogP contribution >= 0.6 is 11.3 Å². The van der Waals surface area contributed by atoms with E-state index in [2.05, 4.69) is 55.3 Å². The minimum atomic E-state index is -0.167. The molecule has 0 radical (unpaired) electrons. The minimum Gasteiger partial charge on any atom is -0.357 e. The molecule has 2 aromatic heterocycles. The molecule has 1 aliphatic rings. The van der Waals surface area contributed by atoms with Gasteiger partial charge in [0.1, 0.15) is 6.54 Å². The second-order valence-corrected chi connectivity index (χ2v) is 8.59. The van der Waals surface area contributed by atoms with Gasteiger partial charge in [-0.1, -0.05) is 13.0 Å². The predicted molar refractivity (Wildman–Crippen MR) is 124 cm³/mol. The van der Waals surface area contributed by atoms with Crippen LogP contribution in [0.1, 0.15) is 37.6 Å². The average Bonchev–Trinajstić information content (AvgIpc) is 3.28. The summed E-state index contributed by atoms with van der Waals surface area (Å²) in [5.74, 6) is 1.29. The monoisotopic (exact) mass is 428 g/mol. The van der Waals surface area contributed by atoms with Crippen LogP contribution in [0, 0.1) is 5.92 Å². The van der Waals surface area contributed by atoms with Gasteiger partial charge in [0.15, 0.2) is 5.96 Å². The van der Waals surface area contributed by atoms with Gasteiger partial charge in [0.05, 0.1) is 17.9 Å². The molecule has 1 unspecified atom stereocenters. The summed E-state index contributed by atoms with van der Waals surface area (Å²) in [6.07, 6.45) is 5.78. The number of aliphatic imine (C=N–C) groups is 1. The summed E-state index contributed by atoms with van der Waals surface area (Å²) in [6, 6.07) is 8.23. The Morgan fingerprint density at radius 3 is 2.80 bits per heavy atom. The lowest BCUT2D eigenvalue weighted by Crippen LogP contribution is -2.45. The summed E-state index contributed by atoms with van der Waals surface area (Å²) in [5.41, 5.74) is 0.674. The zero-order valence-corrected chi connectivity index (χ0v) is 18.6. The molecule has 1 aliphatic heterocycles. The number of carbonyl (C=O) groups is 1. The van der Waals surface area contributed by atoms with Crippen LogP contribution < -0.4 is 16.0 Å². The number of pyridine rings is 1. The smallest absolute Gasteiger partial charge is 0.246 e. The Hall–Kier alpha value is -2.45. The number of aromatic nitrogens is 1. The largest absolute Gasteiger partial charge is 0.357 e. The highest BCUT2D eigenvalue weighted by Crippen LogP contribution is 2.29. The number of hydrogen-bond donors (Lipinski definition) is 3. The van der Waals surface area contributed by atoms with Crippen molar-refractivity contribution in [3.63, 3.8) is 0 Å². The first kappa shape index (κ1) is 22.2. The summed E-state index contributed by atoms with van der Waals surface area (Å²) in [6.45, 7) is 8.14. The van der Waals surface area contributed by atoms with Gasteiger partial charge in [-0.2, -0.15) is 0 Å². The van der Waals surface area contributed by atoms with Crippen LogP contribution in [0.3, 0.4) is 0 Å². The van der Waals surface area contributed by atoms with Gasteiger partial charge in [-0.05, 0) is 62.4 Å². The summed E-state index contributed by atoms with van der Waals surface area (Å²) in [4.78, 5) is 24.6. The molecule has 8 heteroatoms. The van der Waals surface area contributed by atoms with Crippen LogP contribution in [0.2, 0.25) is 0 Å². The average molecular weight is 429 g/mol. The van der Waals surface area contributed by atoms with Crippen LogP contribution in [0.5, 0.6) is 0 Å². The van der Waals surface area contributed by atoms with Crippen molar-refractivity contribution in [2.75, 3.05) is 38.0 Å². The van der Waals surface area contributed by atoms with Gasteiger partial charge in [0.2, 0.25) is 5.91 Å². The zero-order chi connectivity index (χ0) is 21.2. The molecule has 3 N–H and O–H groups in total. The van der Waals surface area contributed by atoms with E-state index in [0.29, 0.717) is 17.7 Å². The third-order valence-electron chi connectivity index (χ3n) is 5.26. The Morgan fingerprint density at radius 1 is 1.30 bits per heavy atom. The highest BCUT2D eigenvalue weighted by atomic mass is 32.1. The van der Waals surface area contributed by atoms with Gasteiger partial charge in [-0.15, -0.1) is 11.3 Å². The first-order valence-corrected chi connectivity index (χ1v) is 11.5. The van der Waals surface area contributed by atoms with E-state index in [1.165, 1.54) is 17.7 Å². The third-order valence-corrected chi connectivity index (χ3v) is 6.24. The molecule has 2 aromatic rings. The summed E-state index contributed by atoms with van der Waals surface area (Å²) < 4.78 is 0. The fourth-order valence-corrected chi connectivity index (χ4v) is 4.41. The molecule has 162 valence electrons. The van der Waals surface area contributed by atoms with Crippen LogP contribution in [0.4, 0.5) is 5.69 Å². The molecule has 1 amide bonds. The highest BCUT2D eigenvalue weighted by molar-refractivity contribution is 7.10. The van der Waals surface area contributed by atoms with Gasteiger partial charge < -0.3 is 16.0 Å². The molecule has 0 aromatic carbocycles. The van der Waals surface area contributed by atoms with Crippen molar-refractivity contribution in [3.05, 3.63) is 46.9 Å². The Morgan fingerprint density at radius 2 is 2.13 bits per heavy atom. The van der Waals surface area contributed by atoms with Gasteiger partial charge in [-0.25, -0.2) is 4.99 Å². The number of amides is 1. The second-order valence-electron chi connectivity index (χ2n) is 7.62. The number of carbonyl (C=O) groups excluding carboxylic acids is 1. The molecule has 3 heterocycles. The Bertz CT molecular complexity index is 787. The number of guanidine groups is 1. The maximum absolute atomic E-state index is 12.2. The predicted octanol–water partition coefficient (Wildman–Crippen LogP) is 3.11. The van der Waals surface area contributed by atoms with Crippen molar-refractivity contribution in [2.24, 2.45) is 10.9 Å². The van der Waals surface area contributed by atoms with Crippen LogP contribution in [0.15, 0.2) is 47.0 Å². The maximum atomic E-state index is 12.2. The van der Waals surface area contributed by atoms with E-state index in [4.69, 9.17) is 0 Å². The fraction of sp³-hybridized carbons (Fsp3) is 0.500. The standard InChI is InChI=1S/C22H32N6OS/c1-3-24-22(26-16-21(29)27-18-6-4-10-23-14-18)25-15-19(20-7-5-13-30-20)28-11-8-17(2)9-12-28/h4-7,10,13-14,17,19H,3,8-9,11-12,15-16H2,1-2H3,(H,27,29)(H2,24,25,26). The molecule has 1 fully saturated rings. The lowest BCUT2D eigenvalue weighted by atomic mass is 9.97. The van der Waals surface area contributed by atoms with Gasteiger partial charge in [0, 0.05) is 24.2 Å². The van der Waals surface area contributed by atoms with Crippen LogP contribution in [-0.2, 0) is 4.79 Å². The van der Waals surface area contributed by atoms with Gasteiger partial charge in [-0.3, -0.25) is 14.7 Å². The molecule has 1 atom stereocenters. The zero-order valence-electron chi connectivity index (χ0n) is 17.8. The third kappa shape index (κ3) is 6.81. The lowest BCUT2D eigenvalue weighted by molar-refractivity contribution is -0.114. The SMILES string of the molecule is CCNC(=NCC(=O)Nc1cccnc1)NCC(c1cccs1)N1CCC(C)CC1. The Balaban J connectivity index is 1.59. The molecule has 0 aliphatic carbocycles. The highest BCUT2D eigenvalue weighted by Gasteiger charge is 2.25. The minimum absolute atomic E-state index is 0.0507. The molecule has 0 saturated carbocycles.